The highest BCUT2D eigenvalue weighted by Crippen LogP contribution is 2.28. The topological polar surface area (TPSA) is 78.9 Å². The van der Waals surface area contributed by atoms with E-state index >= 15 is 0 Å². The van der Waals surface area contributed by atoms with Crippen molar-refractivity contribution in [3.8, 4) is 0 Å². The molecule has 110 valence electrons. The van der Waals surface area contributed by atoms with Crippen LogP contribution in [0.2, 0.25) is 0 Å². The van der Waals surface area contributed by atoms with E-state index in [-0.39, 0.29) is 18.4 Å². The number of aliphatic carboxylic acids is 1. The summed E-state index contributed by atoms with van der Waals surface area (Å²) in [5.41, 5.74) is 0. The van der Waals surface area contributed by atoms with Gasteiger partial charge in [0.2, 0.25) is 5.91 Å². The van der Waals surface area contributed by atoms with Crippen LogP contribution in [0.25, 0.3) is 0 Å². The molecule has 1 rings (SSSR count). The first-order valence-electron chi connectivity index (χ1n) is 6.80. The third-order valence-corrected chi connectivity index (χ3v) is 3.30. The average Bonchev–Trinajstić information content (AvgIpc) is 3.18. The molecule has 1 aliphatic carbocycles. The fraction of sp³-hybridized carbons (Fsp3) is 0.846. The molecule has 0 aromatic heterocycles. The standard InChI is InChI=1S/C13H24N2O4/c1-10(13(18)14-7-3-9-19-2)15(11-4-5-11)8-6-12(16)17/h10-11H,3-9H2,1-2H3,(H,14,18)(H,16,17). The predicted octanol–water partition coefficient (Wildman–Crippen LogP) is 0.467. The molecule has 6 heteroatoms. The zero-order valence-electron chi connectivity index (χ0n) is 11.7. The summed E-state index contributed by atoms with van der Waals surface area (Å²) >= 11 is 0. The normalized spacial score (nSPS) is 16.4. The fourth-order valence-electron chi connectivity index (χ4n) is 2.05. The maximum Gasteiger partial charge on any atom is 0.304 e. The second-order valence-corrected chi connectivity index (χ2v) is 4.93. The average molecular weight is 272 g/mol. The molecule has 2 N–H and O–H groups in total. The van der Waals surface area contributed by atoms with Gasteiger partial charge in [0.25, 0.3) is 0 Å². The van der Waals surface area contributed by atoms with Gasteiger partial charge in [-0.3, -0.25) is 14.5 Å². The van der Waals surface area contributed by atoms with E-state index in [0.29, 0.717) is 25.7 Å². The van der Waals surface area contributed by atoms with Crippen LogP contribution in [0.4, 0.5) is 0 Å². The molecule has 19 heavy (non-hydrogen) atoms. The summed E-state index contributed by atoms with van der Waals surface area (Å²) < 4.78 is 4.92. The van der Waals surface area contributed by atoms with Crippen molar-refractivity contribution in [1.82, 2.24) is 10.2 Å². The maximum atomic E-state index is 12.0. The molecule has 0 aromatic carbocycles. The number of methoxy groups -OCH3 is 1. The van der Waals surface area contributed by atoms with Crippen LogP contribution in [0.5, 0.6) is 0 Å². The van der Waals surface area contributed by atoms with E-state index in [1.807, 2.05) is 11.8 Å². The summed E-state index contributed by atoms with van der Waals surface area (Å²) in [5.74, 6) is -0.855. The lowest BCUT2D eigenvalue weighted by atomic mass is 10.2. The first-order valence-corrected chi connectivity index (χ1v) is 6.80. The lowest BCUT2D eigenvalue weighted by molar-refractivity contribution is -0.138. The number of ether oxygens (including phenoxy) is 1. The molecular formula is C13H24N2O4. The van der Waals surface area contributed by atoms with E-state index in [0.717, 1.165) is 19.3 Å². The minimum absolute atomic E-state index is 0.0339. The smallest absolute Gasteiger partial charge is 0.304 e. The molecule has 0 radical (unpaired) electrons. The van der Waals surface area contributed by atoms with Gasteiger partial charge in [-0.2, -0.15) is 0 Å². The van der Waals surface area contributed by atoms with Crippen molar-refractivity contribution in [2.45, 2.75) is 44.7 Å². The van der Waals surface area contributed by atoms with Crippen LogP contribution in [-0.2, 0) is 14.3 Å². The first kappa shape index (κ1) is 15.9. The van der Waals surface area contributed by atoms with Crippen molar-refractivity contribution < 1.29 is 19.4 Å². The third-order valence-electron chi connectivity index (χ3n) is 3.30. The summed E-state index contributed by atoms with van der Waals surface area (Å²) in [6, 6.07) is 0.105. The number of carbonyl (C=O) groups excluding carboxylic acids is 1. The van der Waals surface area contributed by atoms with Crippen molar-refractivity contribution in [3.05, 3.63) is 0 Å². The molecule has 1 fully saturated rings. The van der Waals surface area contributed by atoms with Gasteiger partial charge in [-0.25, -0.2) is 0 Å². The second kappa shape index (κ2) is 8.12. The fourth-order valence-corrected chi connectivity index (χ4v) is 2.05. The minimum atomic E-state index is -0.821. The van der Waals surface area contributed by atoms with Crippen LogP contribution < -0.4 is 5.32 Å². The van der Waals surface area contributed by atoms with E-state index in [9.17, 15) is 9.59 Å². The van der Waals surface area contributed by atoms with Crippen molar-refractivity contribution in [3.63, 3.8) is 0 Å². The number of carboxylic acid groups (broad SMARTS) is 1. The van der Waals surface area contributed by atoms with Gasteiger partial charge in [0, 0.05) is 32.8 Å². The highest BCUT2D eigenvalue weighted by molar-refractivity contribution is 5.81. The van der Waals surface area contributed by atoms with Crippen LogP contribution in [0, 0.1) is 0 Å². The lowest BCUT2D eigenvalue weighted by Crippen LogP contribution is -2.47. The molecule has 0 aliphatic heterocycles. The Morgan fingerprint density at radius 1 is 1.47 bits per heavy atom. The molecule has 6 nitrogen and oxygen atoms in total. The Kier molecular flexibility index (Phi) is 6.80. The van der Waals surface area contributed by atoms with Gasteiger partial charge in [0.05, 0.1) is 12.5 Å². The van der Waals surface area contributed by atoms with E-state index in [1.165, 1.54) is 0 Å². The Balaban J connectivity index is 2.35. The van der Waals surface area contributed by atoms with Crippen molar-refractivity contribution in [2.24, 2.45) is 0 Å². The van der Waals surface area contributed by atoms with Gasteiger partial charge in [-0.15, -0.1) is 0 Å². The van der Waals surface area contributed by atoms with Crippen LogP contribution >= 0.6 is 0 Å². The molecule has 0 aromatic rings. The monoisotopic (exact) mass is 272 g/mol. The van der Waals surface area contributed by atoms with E-state index < -0.39 is 5.97 Å². The van der Waals surface area contributed by atoms with Crippen molar-refractivity contribution in [2.75, 3.05) is 26.8 Å². The predicted molar refractivity (Wildman–Crippen MR) is 70.9 cm³/mol. The Morgan fingerprint density at radius 2 is 2.16 bits per heavy atom. The Labute approximate surface area is 114 Å². The molecular weight excluding hydrogens is 248 g/mol. The lowest BCUT2D eigenvalue weighted by Gasteiger charge is -2.27. The summed E-state index contributed by atoms with van der Waals surface area (Å²) in [7, 11) is 1.63. The minimum Gasteiger partial charge on any atom is -0.481 e. The van der Waals surface area contributed by atoms with E-state index in [1.54, 1.807) is 7.11 Å². The quantitative estimate of drug-likeness (QED) is 0.565. The number of carboxylic acids is 1. The molecule has 1 unspecified atom stereocenters. The van der Waals surface area contributed by atoms with Gasteiger partial charge in [0.1, 0.15) is 0 Å². The molecule has 0 bridgehead atoms. The first-order chi connectivity index (χ1) is 9.06. The Hall–Kier alpha value is -1.14. The molecule has 1 amide bonds. The van der Waals surface area contributed by atoms with Gasteiger partial charge in [-0.1, -0.05) is 0 Å². The highest BCUT2D eigenvalue weighted by Gasteiger charge is 2.34. The van der Waals surface area contributed by atoms with E-state index in [4.69, 9.17) is 9.84 Å². The molecule has 0 saturated heterocycles. The summed E-state index contributed by atoms with van der Waals surface area (Å²) in [4.78, 5) is 24.6. The number of carbonyl (C=O) groups is 2. The van der Waals surface area contributed by atoms with Gasteiger partial charge in [0.15, 0.2) is 0 Å². The number of hydrogen-bond acceptors (Lipinski definition) is 4. The number of nitrogens with one attached hydrogen (secondary N) is 1. The Bertz CT molecular complexity index is 305. The highest BCUT2D eigenvalue weighted by atomic mass is 16.5. The summed E-state index contributed by atoms with van der Waals surface area (Å²) in [5, 5.41) is 11.6. The molecule has 0 heterocycles. The van der Waals surface area contributed by atoms with Crippen LogP contribution in [0.1, 0.15) is 32.6 Å². The number of nitrogens with zero attached hydrogens (tertiary/aromatic N) is 1. The number of rotatable bonds is 10. The van der Waals surface area contributed by atoms with Gasteiger partial charge in [-0.05, 0) is 26.2 Å². The van der Waals surface area contributed by atoms with Gasteiger partial charge < -0.3 is 15.2 Å². The maximum absolute atomic E-state index is 12.0. The van der Waals surface area contributed by atoms with E-state index in [2.05, 4.69) is 5.32 Å². The van der Waals surface area contributed by atoms with Crippen LogP contribution in [0.3, 0.4) is 0 Å². The van der Waals surface area contributed by atoms with Crippen molar-refractivity contribution in [1.29, 1.82) is 0 Å². The summed E-state index contributed by atoms with van der Waals surface area (Å²) in [6.45, 7) is 3.49. The molecule has 1 atom stereocenters. The second-order valence-electron chi connectivity index (χ2n) is 4.93. The molecule has 0 spiro atoms. The molecule has 1 saturated carbocycles. The van der Waals surface area contributed by atoms with Gasteiger partial charge >= 0.3 is 5.97 Å². The van der Waals surface area contributed by atoms with Crippen LogP contribution in [0.15, 0.2) is 0 Å². The number of amides is 1. The zero-order valence-corrected chi connectivity index (χ0v) is 11.7. The van der Waals surface area contributed by atoms with Crippen molar-refractivity contribution >= 4 is 11.9 Å². The largest absolute Gasteiger partial charge is 0.481 e. The number of hydrogen-bond donors (Lipinski definition) is 2. The SMILES string of the molecule is COCCCNC(=O)C(C)N(CCC(=O)O)C1CC1. The molecule has 1 aliphatic rings. The van der Waals surface area contributed by atoms with Crippen LogP contribution in [-0.4, -0.2) is 60.8 Å². The third kappa shape index (κ3) is 6.02. The zero-order chi connectivity index (χ0) is 14.3. The Morgan fingerprint density at radius 3 is 2.68 bits per heavy atom. The summed E-state index contributed by atoms with van der Waals surface area (Å²) in [6.07, 6.45) is 2.98.